The van der Waals surface area contributed by atoms with Crippen LogP contribution in [-0.4, -0.2) is 0 Å². The predicted octanol–water partition coefficient (Wildman–Crippen LogP) is 5.17. The van der Waals surface area contributed by atoms with Gasteiger partial charge in [0, 0.05) is 33.0 Å². The minimum absolute atomic E-state index is 0.933. The molecule has 0 saturated heterocycles. The van der Waals surface area contributed by atoms with Crippen molar-refractivity contribution >= 4 is 22.7 Å². The van der Waals surface area contributed by atoms with Gasteiger partial charge in [0.2, 0.25) is 0 Å². The van der Waals surface area contributed by atoms with Crippen LogP contribution < -0.4 is 0 Å². The summed E-state index contributed by atoms with van der Waals surface area (Å²) in [6, 6.07) is 10.3. The van der Waals surface area contributed by atoms with Crippen molar-refractivity contribution in [3.05, 3.63) is 79.7 Å². The Bertz CT molecular complexity index is 791. The summed E-state index contributed by atoms with van der Waals surface area (Å²) < 4.78 is 0. The zero-order valence-corrected chi connectivity index (χ0v) is 13.9. The number of hydrogen-bond donors (Lipinski definition) is 0. The van der Waals surface area contributed by atoms with Crippen molar-refractivity contribution in [3.8, 4) is 23.7 Å². The molecule has 1 aromatic carbocycles. The van der Waals surface area contributed by atoms with Crippen LogP contribution in [0.1, 0.15) is 34.7 Å². The van der Waals surface area contributed by atoms with Crippen LogP contribution in [0.3, 0.4) is 0 Å². The van der Waals surface area contributed by atoms with Gasteiger partial charge >= 0.3 is 0 Å². The second-order valence-electron chi connectivity index (χ2n) is 4.71. The Hall–Kier alpha value is -2.26. The highest BCUT2D eigenvalue weighted by Crippen LogP contribution is 2.15. The molecule has 0 atom stereocenters. The van der Waals surface area contributed by atoms with Crippen molar-refractivity contribution in [2.45, 2.75) is 13.3 Å². The molecule has 0 spiro atoms. The molecule has 2 heteroatoms. The summed E-state index contributed by atoms with van der Waals surface area (Å²) in [5.41, 5.74) is 5.52. The first-order valence-electron chi connectivity index (χ1n) is 7.07. The molecule has 0 amide bonds. The zero-order valence-electron chi connectivity index (χ0n) is 12.2. The SMILES string of the molecule is CCc1c(C#Cc2ccsc2)cccc1C#Cc1ccsc1. The van der Waals surface area contributed by atoms with Crippen molar-refractivity contribution in [1.82, 2.24) is 0 Å². The minimum atomic E-state index is 0.933. The van der Waals surface area contributed by atoms with Gasteiger partial charge in [0.1, 0.15) is 0 Å². The van der Waals surface area contributed by atoms with E-state index in [0.29, 0.717) is 0 Å². The summed E-state index contributed by atoms with van der Waals surface area (Å²) in [6.45, 7) is 2.15. The molecule has 0 aliphatic carbocycles. The van der Waals surface area contributed by atoms with Crippen LogP contribution in [0.4, 0.5) is 0 Å². The molecule has 0 radical (unpaired) electrons. The first-order valence-corrected chi connectivity index (χ1v) is 8.95. The van der Waals surface area contributed by atoms with E-state index in [9.17, 15) is 0 Å². The Balaban J connectivity index is 1.97. The van der Waals surface area contributed by atoms with E-state index in [1.165, 1.54) is 5.56 Å². The second kappa shape index (κ2) is 7.14. The molecule has 0 nitrogen and oxygen atoms in total. The summed E-state index contributed by atoms with van der Waals surface area (Å²) in [7, 11) is 0. The lowest BCUT2D eigenvalue weighted by molar-refractivity contribution is 1.12. The largest absolute Gasteiger partial charge is 0.151 e. The van der Waals surface area contributed by atoms with Gasteiger partial charge in [0.05, 0.1) is 0 Å². The fraction of sp³-hybridized carbons (Fsp3) is 0.100. The normalized spacial score (nSPS) is 9.50. The van der Waals surface area contributed by atoms with Crippen molar-refractivity contribution in [2.24, 2.45) is 0 Å². The molecule has 0 unspecified atom stereocenters. The lowest BCUT2D eigenvalue weighted by atomic mass is 9.99. The average molecular weight is 318 g/mol. The third-order valence-electron chi connectivity index (χ3n) is 3.25. The van der Waals surface area contributed by atoms with Crippen LogP contribution in [0.15, 0.2) is 51.9 Å². The van der Waals surface area contributed by atoms with E-state index in [1.807, 2.05) is 29.0 Å². The molecule has 0 saturated carbocycles. The van der Waals surface area contributed by atoms with E-state index in [-0.39, 0.29) is 0 Å². The number of hydrogen-bond acceptors (Lipinski definition) is 2. The third-order valence-corrected chi connectivity index (χ3v) is 4.62. The van der Waals surface area contributed by atoms with Gasteiger partial charge in [-0.15, -0.1) is 0 Å². The van der Waals surface area contributed by atoms with E-state index < -0.39 is 0 Å². The fourth-order valence-electron chi connectivity index (χ4n) is 2.15. The van der Waals surface area contributed by atoms with Gasteiger partial charge in [0.25, 0.3) is 0 Å². The average Bonchev–Trinajstić information content (AvgIpc) is 3.24. The Kier molecular flexibility index (Phi) is 4.76. The first-order chi connectivity index (χ1) is 10.9. The van der Waals surface area contributed by atoms with Gasteiger partial charge in [-0.25, -0.2) is 0 Å². The molecule has 2 heterocycles. The van der Waals surface area contributed by atoms with Crippen LogP contribution in [0.25, 0.3) is 0 Å². The molecular formula is C20H14S2. The van der Waals surface area contributed by atoms with E-state index in [4.69, 9.17) is 0 Å². The van der Waals surface area contributed by atoms with E-state index in [1.54, 1.807) is 22.7 Å². The van der Waals surface area contributed by atoms with Crippen LogP contribution in [0, 0.1) is 23.7 Å². The molecule has 106 valence electrons. The molecule has 22 heavy (non-hydrogen) atoms. The quantitative estimate of drug-likeness (QED) is 0.543. The molecule has 2 aromatic heterocycles. The highest BCUT2D eigenvalue weighted by molar-refractivity contribution is 7.08. The molecule has 3 rings (SSSR count). The van der Waals surface area contributed by atoms with Crippen molar-refractivity contribution < 1.29 is 0 Å². The maximum atomic E-state index is 3.29. The highest BCUT2D eigenvalue weighted by atomic mass is 32.1. The summed E-state index contributed by atoms with van der Waals surface area (Å²) in [5.74, 6) is 13.0. The van der Waals surface area contributed by atoms with Gasteiger partial charge in [-0.3, -0.25) is 0 Å². The van der Waals surface area contributed by atoms with Crippen molar-refractivity contribution in [2.75, 3.05) is 0 Å². The van der Waals surface area contributed by atoms with Gasteiger partial charge in [-0.05, 0) is 47.0 Å². The van der Waals surface area contributed by atoms with E-state index in [2.05, 4.69) is 53.5 Å². The minimum Gasteiger partial charge on any atom is -0.151 e. The summed E-state index contributed by atoms with van der Waals surface area (Å²) >= 11 is 3.34. The van der Waals surface area contributed by atoms with E-state index in [0.717, 1.165) is 28.7 Å². The van der Waals surface area contributed by atoms with Gasteiger partial charge < -0.3 is 0 Å². The smallest absolute Gasteiger partial charge is 0.0356 e. The summed E-state index contributed by atoms with van der Waals surface area (Å²) in [4.78, 5) is 0. The van der Waals surface area contributed by atoms with Crippen LogP contribution in [0.5, 0.6) is 0 Å². The predicted molar refractivity (Wildman–Crippen MR) is 96.4 cm³/mol. The Morgan fingerprint density at radius 3 is 1.73 bits per heavy atom. The van der Waals surface area contributed by atoms with Gasteiger partial charge in [0.15, 0.2) is 0 Å². The standard InChI is InChI=1S/C20H14S2/c1-2-20-18(8-6-16-10-12-21-14-16)4-3-5-19(20)9-7-17-11-13-22-15-17/h3-5,10-15H,2H2,1H3. The molecule has 0 bridgehead atoms. The Morgan fingerprint density at radius 2 is 1.32 bits per heavy atom. The lowest BCUT2D eigenvalue weighted by Crippen LogP contribution is -1.92. The second-order valence-corrected chi connectivity index (χ2v) is 6.27. The van der Waals surface area contributed by atoms with Crippen molar-refractivity contribution in [1.29, 1.82) is 0 Å². The molecule has 0 aliphatic rings. The monoisotopic (exact) mass is 318 g/mol. The maximum Gasteiger partial charge on any atom is 0.0356 e. The third kappa shape index (κ3) is 3.49. The first kappa shape index (κ1) is 14.7. The zero-order chi connectivity index (χ0) is 15.2. The molecular weight excluding hydrogens is 304 g/mol. The number of thiophene rings is 2. The number of benzene rings is 1. The van der Waals surface area contributed by atoms with Crippen LogP contribution >= 0.6 is 22.7 Å². The highest BCUT2D eigenvalue weighted by Gasteiger charge is 2.03. The molecule has 0 fully saturated rings. The van der Waals surface area contributed by atoms with Crippen LogP contribution in [0.2, 0.25) is 0 Å². The Labute approximate surface area is 139 Å². The van der Waals surface area contributed by atoms with Gasteiger partial charge in [-0.1, -0.05) is 36.7 Å². The van der Waals surface area contributed by atoms with Gasteiger partial charge in [-0.2, -0.15) is 22.7 Å². The maximum absolute atomic E-state index is 3.29. The molecule has 0 N–H and O–H groups in total. The molecule has 3 aromatic rings. The lowest BCUT2D eigenvalue weighted by Gasteiger charge is -2.04. The topological polar surface area (TPSA) is 0 Å². The van der Waals surface area contributed by atoms with Crippen molar-refractivity contribution in [3.63, 3.8) is 0 Å². The number of rotatable bonds is 1. The summed E-state index contributed by atoms with van der Waals surface area (Å²) in [5, 5.41) is 8.23. The molecule has 0 aliphatic heterocycles. The fourth-order valence-corrected chi connectivity index (χ4v) is 3.33. The summed E-state index contributed by atoms with van der Waals surface area (Å²) in [6.07, 6.45) is 0.933. The Morgan fingerprint density at radius 1 is 0.773 bits per heavy atom. The van der Waals surface area contributed by atoms with E-state index >= 15 is 0 Å². The van der Waals surface area contributed by atoms with Crippen LogP contribution in [-0.2, 0) is 6.42 Å².